The van der Waals surface area contributed by atoms with E-state index in [1.54, 1.807) is 11.3 Å². The zero-order chi connectivity index (χ0) is 13.9. The zero-order valence-corrected chi connectivity index (χ0v) is 12.7. The molecule has 0 aliphatic heterocycles. The molecule has 2 aromatic rings. The number of aromatic nitrogens is 2. The molecule has 1 aliphatic rings. The summed E-state index contributed by atoms with van der Waals surface area (Å²) in [7, 11) is 0. The lowest BCUT2D eigenvalue weighted by atomic mass is 10.1. The first kappa shape index (κ1) is 13.6. The van der Waals surface area contributed by atoms with Gasteiger partial charge < -0.3 is 0 Å². The van der Waals surface area contributed by atoms with Gasteiger partial charge in [0.05, 0.1) is 16.5 Å². The second-order valence-electron chi connectivity index (χ2n) is 5.59. The molecule has 1 saturated carbocycles. The molecule has 106 valence electrons. The van der Waals surface area contributed by atoms with Crippen LogP contribution in [0, 0.1) is 6.92 Å². The second kappa shape index (κ2) is 5.92. The van der Waals surface area contributed by atoms with Gasteiger partial charge >= 0.3 is 0 Å². The van der Waals surface area contributed by atoms with Gasteiger partial charge in [0.15, 0.2) is 6.29 Å². The van der Waals surface area contributed by atoms with E-state index in [2.05, 4.69) is 19.1 Å². The van der Waals surface area contributed by atoms with Gasteiger partial charge in [0, 0.05) is 11.1 Å². The lowest BCUT2D eigenvalue weighted by molar-refractivity contribution is 0.112. The number of carbonyl (C=O) groups is 1. The molecular weight excluding hydrogens is 268 g/mol. The van der Waals surface area contributed by atoms with Crippen LogP contribution in [0.5, 0.6) is 0 Å². The van der Waals surface area contributed by atoms with Crippen molar-refractivity contribution in [3.05, 3.63) is 28.8 Å². The SMILES string of the molecule is Cc1ccc(-c2nn(C3CCCCCC3)cc2C=O)s1. The molecule has 3 nitrogen and oxygen atoms in total. The van der Waals surface area contributed by atoms with Crippen molar-refractivity contribution in [2.45, 2.75) is 51.5 Å². The summed E-state index contributed by atoms with van der Waals surface area (Å²) in [6.45, 7) is 2.08. The standard InChI is InChI=1S/C16H20N2OS/c1-12-8-9-15(20-12)16-13(11-19)10-18(17-16)14-6-4-2-3-5-7-14/h8-11,14H,2-7H2,1H3. The number of carbonyl (C=O) groups excluding carboxylic acids is 1. The minimum Gasteiger partial charge on any atom is -0.298 e. The molecule has 0 unspecified atom stereocenters. The monoisotopic (exact) mass is 288 g/mol. The van der Waals surface area contributed by atoms with E-state index in [1.165, 1.54) is 43.4 Å². The molecule has 0 spiro atoms. The third-order valence-corrected chi connectivity index (χ3v) is 5.07. The predicted octanol–water partition coefficient (Wildman–Crippen LogP) is 4.63. The Bertz CT molecular complexity index is 591. The topological polar surface area (TPSA) is 34.9 Å². The highest BCUT2D eigenvalue weighted by Crippen LogP contribution is 2.32. The van der Waals surface area contributed by atoms with Gasteiger partial charge in [-0.2, -0.15) is 5.10 Å². The molecule has 0 aromatic carbocycles. The Morgan fingerprint density at radius 1 is 1.25 bits per heavy atom. The summed E-state index contributed by atoms with van der Waals surface area (Å²) in [6.07, 6.45) is 10.4. The molecular formula is C16H20N2OS. The Hall–Kier alpha value is -1.42. The Morgan fingerprint density at radius 2 is 2.00 bits per heavy atom. The van der Waals surface area contributed by atoms with E-state index in [0.29, 0.717) is 6.04 Å². The summed E-state index contributed by atoms with van der Waals surface area (Å²) >= 11 is 1.70. The normalized spacial score (nSPS) is 17.1. The van der Waals surface area contributed by atoms with Crippen LogP contribution < -0.4 is 0 Å². The smallest absolute Gasteiger partial charge is 0.153 e. The van der Waals surface area contributed by atoms with E-state index in [-0.39, 0.29) is 0 Å². The van der Waals surface area contributed by atoms with Gasteiger partial charge in [0.1, 0.15) is 5.69 Å². The molecule has 1 aliphatic carbocycles. The number of rotatable bonds is 3. The molecule has 0 N–H and O–H groups in total. The summed E-state index contributed by atoms with van der Waals surface area (Å²) in [4.78, 5) is 13.7. The van der Waals surface area contributed by atoms with Gasteiger partial charge in [-0.15, -0.1) is 11.3 Å². The fourth-order valence-corrected chi connectivity index (χ4v) is 3.83. The summed E-state index contributed by atoms with van der Waals surface area (Å²) in [5.74, 6) is 0. The maximum absolute atomic E-state index is 11.3. The Kier molecular flexibility index (Phi) is 4.01. The number of hydrogen-bond acceptors (Lipinski definition) is 3. The van der Waals surface area contributed by atoms with Crippen molar-refractivity contribution in [1.82, 2.24) is 9.78 Å². The Morgan fingerprint density at radius 3 is 2.60 bits per heavy atom. The highest BCUT2D eigenvalue weighted by atomic mass is 32.1. The molecule has 0 atom stereocenters. The second-order valence-corrected chi connectivity index (χ2v) is 6.87. The van der Waals surface area contributed by atoms with Crippen molar-refractivity contribution in [3.8, 4) is 10.6 Å². The third-order valence-electron chi connectivity index (χ3n) is 4.06. The van der Waals surface area contributed by atoms with Gasteiger partial charge in [0.25, 0.3) is 0 Å². The molecule has 2 heterocycles. The first-order valence-corrected chi connectivity index (χ1v) is 8.20. The van der Waals surface area contributed by atoms with Crippen LogP contribution in [-0.4, -0.2) is 16.1 Å². The molecule has 0 amide bonds. The van der Waals surface area contributed by atoms with Gasteiger partial charge in [-0.1, -0.05) is 25.7 Å². The number of thiophene rings is 1. The van der Waals surface area contributed by atoms with Crippen molar-refractivity contribution >= 4 is 17.6 Å². The van der Waals surface area contributed by atoms with Gasteiger partial charge in [-0.05, 0) is 31.9 Å². The molecule has 0 saturated heterocycles. The van der Waals surface area contributed by atoms with E-state index in [4.69, 9.17) is 5.10 Å². The highest BCUT2D eigenvalue weighted by Gasteiger charge is 2.19. The van der Waals surface area contributed by atoms with Gasteiger partial charge in [-0.25, -0.2) is 0 Å². The minimum atomic E-state index is 0.464. The Labute approximate surface area is 123 Å². The summed E-state index contributed by atoms with van der Waals surface area (Å²) < 4.78 is 2.04. The molecule has 0 radical (unpaired) electrons. The van der Waals surface area contributed by atoms with Crippen molar-refractivity contribution in [1.29, 1.82) is 0 Å². The number of nitrogens with zero attached hydrogens (tertiary/aromatic N) is 2. The molecule has 0 bridgehead atoms. The fraction of sp³-hybridized carbons (Fsp3) is 0.500. The number of aryl methyl sites for hydroxylation is 1. The van der Waals surface area contributed by atoms with Crippen LogP contribution in [0.15, 0.2) is 18.3 Å². The molecule has 3 rings (SSSR count). The van der Waals surface area contributed by atoms with Crippen LogP contribution >= 0.6 is 11.3 Å². The fourth-order valence-electron chi connectivity index (χ4n) is 2.95. The average Bonchev–Trinajstić information content (AvgIpc) is 2.97. The number of hydrogen-bond donors (Lipinski definition) is 0. The average molecular weight is 288 g/mol. The van der Waals surface area contributed by atoms with Crippen molar-refractivity contribution in [3.63, 3.8) is 0 Å². The van der Waals surface area contributed by atoms with Crippen molar-refractivity contribution in [2.75, 3.05) is 0 Å². The summed E-state index contributed by atoms with van der Waals surface area (Å²) in [5, 5.41) is 4.73. The quantitative estimate of drug-likeness (QED) is 0.609. The predicted molar refractivity (Wildman–Crippen MR) is 82.4 cm³/mol. The first-order valence-electron chi connectivity index (χ1n) is 7.39. The first-order chi connectivity index (χ1) is 9.78. The van der Waals surface area contributed by atoms with Crippen molar-refractivity contribution < 1.29 is 4.79 Å². The summed E-state index contributed by atoms with van der Waals surface area (Å²) in [5.41, 5.74) is 1.57. The maximum Gasteiger partial charge on any atom is 0.153 e. The maximum atomic E-state index is 11.3. The van der Waals surface area contributed by atoms with Crippen LogP contribution in [-0.2, 0) is 0 Å². The molecule has 1 fully saturated rings. The zero-order valence-electron chi connectivity index (χ0n) is 11.8. The van der Waals surface area contributed by atoms with Crippen molar-refractivity contribution in [2.24, 2.45) is 0 Å². The van der Waals surface area contributed by atoms with Gasteiger partial charge in [-0.3, -0.25) is 9.48 Å². The van der Waals surface area contributed by atoms with Crippen LogP contribution in [0.25, 0.3) is 10.6 Å². The van der Waals surface area contributed by atoms with Gasteiger partial charge in [0.2, 0.25) is 0 Å². The van der Waals surface area contributed by atoms with E-state index in [0.717, 1.165) is 22.4 Å². The molecule has 4 heteroatoms. The lowest BCUT2D eigenvalue weighted by Crippen LogP contribution is -2.08. The van der Waals surface area contributed by atoms with Crippen LogP contribution in [0.4, 0.5) is 0 Å². The minimum absolute atomic E-state index is 0.464. The van der Waals surface area contributed by atoms with E-state index < -0.39 is 0 Å². The van der Waals surface area contributed by atoms with Crippen LogP contribution in [0.3, 0.4) is 0 Å². The lowest BCUT2D eigenvalue weighted by Gasteiger charge is -2.14. The van der Waals surface area contributed by atoms with E-state index >= 15 is 0 Å². The number of aldehydes is 1. The van der Waals surface area contributed by atoms with Crippen LogP contribution in [0.2, 0.25) is 0 Å². The third kappa shape index (κ3) is 2.70. The van der Waals surface area contributed by atoms with Crippen LogP contribution in [0.1, 0.15) is 59.8 Å². The Balaban J connectivity index is 1.93. The van der Waals surface area contributed by atoms with E-state index in [1.807, 2.05) is 10.9 Å². The largest absolute Gasteiger partial charge is 0.298 e. The van der Waals surface area contributed by atoms with E-state index in [9.17, 15) is 4.79 Å². The molecule has 20 heavy (non-hydrogen) atoms. The molecule has 2 aromatic heterocycles. The highest BCUT2D eigenvalue weighted by molar-refractivity contribution is 7.15. The summed E-state index contributed by atoms with van der Waals surface area (Å²) in [6, 6.07) is 4.61.